The fourth-order valence-electron chi connectivity index (χ4n) is 10.0. The molecule has 4 aromatic carbocycles. The Morgan fingerprint density at radius 2 is 0.852 bits per heavy atom. The fraction of sp³-hybridized carbons (Fsp3) is 0.361. The first-order valence-electron chi connectivity index (χ1n) is 31.8. The number of hydrogen-bond acceptors (Lipinski definition) is 42. The highest BCUT2D eigenvalue weighted by Gasteiger charge is 2.44. The summed E-state index contributed by atoms with van der Waals surface area (Å²) in [5.41, 5.74) is 14.0. The van der Waals surface area contributed by atoms with Gasteiger partial charge in [-0.3, -0.25) is 9.59 Å². The van der Waals surface area contributed by atoms with Crippen LogP contribution in [0.5, 0.6) is 40.2 Å². The van der Waals surface area contributed by atoms with Crippen LogP contribution in [0.3, 0.4) is 0 Å². The van der Waals surface area contributed by atoms with Gasteiger partial charge in [-0.1, -0.05) is 137 Å². The molecular weight excluding hydrogens is 1570 g/mol. The van der Waals surface area contributed by atoms with Crippen molar-refractivity contribution in [2.24, 2.45) is 5.92 Å². The number of thioether (sulfide) groups is 4. The van der Waals surface area contributed by atoms with Crippen LogP contribution in [0.2, 0.25) is 0 Å². The van der Waals surface area contributed by atoms with Crippen LogP contribution < -0.4 is 38.6 Å². The molecule has 0 amide bonds. The minimum Gasteiger partial charge on any atom is -0.535 e. The van der Waals surface area contributed by atoms with Crippen molar-refractivity contribution in [1.82, 2.24) is 40.8 Å². The highest BCUT2D eigenvalue weighted by Crippen LogP contribution is 2.45. The van der Waals surface area contributed by atoms with E-state index in [2.05, 4.69) is 45.5 Å². The van der Waals surface area contributed by atoms with Crippen molar-refractivity contribution in [3.05, 3.63) is 115 Å². The molecule has 12 rings (SSSR count). The molecule has 4 aromatic heterocycles. The van der Waals surface area contributed by atoms with Crippen LogP contribution in [0.4, 0.5) is 9.93 Å². The Hall–Kier alpha value is -8.89. The first kappa shape index (κ1) is 83.2. The molecule has 8 aromatic rings. The molecule has 0 saturated heterocycles. The molecule has 35 nitrogen and oxygen atoms in total. The van der Waals surface area contributed by atoms with Crippen LogP contribution >= 0.6 is 92.4 Å². The number of carboxylic acid groups (broad SMARTS) is 1. The van der Waals surface area contributed by atoms with E-state index in [-0.39, 0.29) is 95.1 Å². The number of nitrogens with two attached hydrogens (primary N) is 1. The number of ether oxygens (including phenoxy) is 10. The van der Waals surface area contributed by atoms with Crippen LogP contribution in [-0.2, 0) is 68.4 Å². The molecule has 47 heteroatoms. The van der Waals surface area contributed by atoms with Crippen LogP contribution in [0.1, 0.15) is 104 Å². The topological polar surface area (TPSA) is 479 Å². The third-order valence-electron chi connectivity index (χ3n) is 14.9. The lowest BCUT2D eigenvalue weighted by atomic mass is 9.77. The Labute approximate surface area is 649 Å². The predicted octanol–water partition coefficient (Wildman–Crippen LogP) is 6.90. The molecule has 4 aliphatic rings. The maximum Gasteiger partial charge on any atom is 0.537 e. The number of nitrogens with zero attached hydrogens (tertiary/aromatic N) is 8. The Balaban J connectivity index is 0.000000167. The summed E-state index contributed by atoms with van der Waals surface area (Å²) >= 11 is 10.7. The summed E-state index contributed by atoms with van der Waals surface area (Å²) in [7, 11) is -0.456. The van der Waals surface area contributed by atoms with Gasteiger partial charge < -0.3 is 96.9 Å². The summed E-state index contributed by atoms with van der Waals surface area (Å²) in [6.07, 6.45) is 0.449. The molecule has 0 radical (unpaired) electrons. The van der Waals surface area contributed by atoms with Gasteiger partial charge in [0.2, 0.25) is 25.5 Å². The third-order valence-corrected chi connectivity index (χ3v) is 23.1. The second-order valence-electron chi connectivity index (χ2n) is 22.9. The van der Waals surface area contributed by atoms with Crippen LogP contribution in [0.25, 0.3) is 0 Å². The number of benzene rings is 4. The fourth-order valence-corrected chi connectivity index (χ4v) is 17.3. The lowest BCUT2D eigenvalue weighted by Crippen LogP contribution is -2.40. The van der Waals surface area contributed by atoms with Crippen molar-refractivity contribution in [2.45, 2.75) is 111 Å². The molecular formula is C61H65B4N9O26S8. The van der Waals surface area contributed by atoms with Crippen molar-refractivity contribution in [3.63, 3.8) is 0 Å². The number of carbonyl (C=O) groups excluding carboxylic acids is 6. The van der Waals surface area contributed by atoms with Crippen LogP contribution in [0, 0.1) is 12.8 Å². The Bertz CT molecular complexity index is 4450. The number of esters is 5. The second kappa shape index (κ2) is 39.5. The van der Waals surface area contributed by atoms with Crippen LogP contribution in [-0.4, -0.2) is 205 Å². The molecule has 4 aliphatic heterocycles. The molecule has 0 fully saturated rings. The van der Waals surface area contributed by atoms with E-state index >= 15 is 0 Å². The molecule has 0 unspecified atom stereocenters. The summed E-state index contributed by atoms with van der Waals surface area (Å²) < 4.78 is 74.9. The number of carbonyl (C=O) groups is 7. The van der Waals surface area contributed by atoms with Gasteiger partial charge in [0.25, 0.3) is 0 Å². The zero-order valence-electron chi connectivity index (χ0n) is 58.3. The molecule has 108 heavy (non-hydrogen) atoms. The maximum absolute atomic E-state index is 12.6. The Morgan fingerprint density at radius 3 is 1.17 bits per heavy atom. The van der Waals surface area contributed by atoms with Gasteiger partial charge in [0.05, 0.1) is 53.9 Å². The highest BCUT2D eigenvalue weighted by atomic mass is 32.2. The molecule has 0 aliphatic carbocycles. The maximum atomic E-state index is 12.6. The Kier molecular flexibility index (Phi) is 30.4. The minimum atomic E-state index is -1.19. The number of hydrogen-bond donors (Lipinski definition) is 6. The molecule has 0 bridgehead atoms. The van der Waals surface area contributed by atoms with Gasteiger partial charge in [-0.2, -0.15) is 0 Å². The third kappa shape index (κ3) is 22.2. The molecule has 570 valence electrons. The predicted molar refractivity (Wildman–Crippen MR) is 395 cm³/mol. The zero-order valence-corrected chi connectivity index (χ0v) is 64.8. The smallest absolute Gasteiger partial charge is 0.535 e. The number of anilines is 1. The van der Waals surface area contributed by atoms with E-state index in [0.29, 0.717) is 70.4 Å². The monoisotopic (exact) mass is 1640 g/mol. The van der Waals surface area contributed by atoms with E-state index in [4.69, 9.17) is 67.0 Å². The molecule has 0 saturated carbocycles. The number of aromatic nitrogens is 8. The van der Waals surface area contributed by atoms with Crippen molar-refractivity contribution in [2.75, 3.05) is 47.4 Å². The quantitative estimate of drug-likeness (QED) is 0.0164. The average Bonchev–Trinajstić information content (AvgIpc) is 0.905. The summed E-state index contributed by atoms with van der Waals surface area (Å²) in [4.78, 5) is 82.8. The number of rotatable bonds is 23. The van der Waals surface area contributed by atoms with E-state index < -0.39 is 90.8 Å². The number of fused-ring (bicyclic) bond motifs is 4. The number of aromatic carboxylic acids is 1. The summed E-state index contributed by atoms with van der Waals surface area (Å²) in [5.74, 6) is -3.43. The first-order valence-corrected chi connectivity index (χ1v) is 38.7. The standard InChI is InChI=1S/C17H19BN2O8S2.C17H19BN2O7S2.C15H15BN2O7S2.C12H12BN3O4S2/c1-9(2)27-17(22)26-8-25-15(21)13-11(24-3)5-4-10-6-12(18(23)28-14(10)13)30-16-20-19-7-29-16;1-9(2)15(21)25-8-26-16(22)13-11(24-3)5-4-10-6-12(18(23)27-14(10)13)29-17-20-19-7-28-17;1-8(19)23-7-24-14(20)12-10(22-2)4-3-9-5-11(16(21)25-13(9)12)27-15-18-17-6-26-15;1-5-2-3-6-4-7(21-12-16-15-11(14)22-12)13(19)20-9(6)8(5)10(17)18/h4-5,7,9,12,23H,6,8H2,1-3H3;4-5,7,9,12,23H,6,8H2,1-3H3;3-4,6,11,21H,5,7H2,1-2H3;2-3,7,19H,4H2,1H3,(H2,14,15)(H,17,18)/t2*12-;11-;7-/m0000/s1. The van der Waals surface area contributed by atoms with Gasteiger partial charge in [0.1, 0.15) is 79.0 Å². The number of carboxylic acids is 1. The van der Waals surface area contributed by atoms with E-state index in [1.807, 2.05) is 6.07 Å². The van der Waals surface area contributed by atoms with E-state index in [1.54, 1.807) is 93.6 Å². The van der Waals surface area contributed by atoms with Gasteiger partial charge in [-0.15, -0.1) is 40.8 Å². The van der Waals surface area contributed by atoms with E-state index in [9.17, 15) is 58.8 Å². The lowest BCUT2D eigenvalue weighted by Gasteiger charge is -2.28. The summed E-state index contributed by atoms with van der Waals surface area (Å²) in [6.45, 7) is 7.87. The first-order chi connectivity index (χ1) is 51.7. The van der Waals surface area contributed by atoms with Gasteiger partial charge in [-0.25, -0.2) is 24.0 Å². The minimum absolute atomic E-state index is 0.00533. The van der Waals surface area contributed by atoms with E-state index in [0.717, 1.165) is 5.56 Å². The number of methoxy groups -OCH3 is 3. The van der Waals surface area contributed by atoms with E-state index in [1.165, 1.54) is 121 Å². The SMILES string of the molecule is COc1ccc2c(c1C(=O)OCOC(=O)C(C)C)OB(O)[C@@H](Sc1nncs1)C2.COc1ccc2c(c1C(=O)OCOC(=O)OC(C)C)OB(O)[C@@H](Sc1nncs1)C2.COc1ccc2c(c1C(=O)OCOC(C)=O)OB(O)[C@@H](Sc1nncs1)C2.Cc1ccc2c(c1C(=O)O)OB(O)[C@@H](Sc1nnc(N)s1)C2. The zero-order chi connectivity index (χ0) is 77.9. The summed E-state index contributed by atoms with van der Waals surface area (Å²) in [6, 6.07) is 13.7. The van der Waals surface area contributed by atoms with Crippen molar-refractivity contribution in [3.8, 4) is 40.2 Å². The molecule has 7 N–H and O–H groups in total. The normalized spacial score (nSPS) is 15.7. The van der Waals surface area contributed by atoms with Gasteiger partial charge in [0, 0.05) is 6.92 Å². The average molecular weight is 1640 g/mol. The van der Waals surface area contributed by atoms with Crippen molar-refractivity contribution < 1.29 is 125 Å². The molecule has 0 spiro atoms. The van der Waals surface area contributed by atoms with Crippen molar-refractivity contribution in [1.29, 1.82) is 0 Å². The molecule has 4 atom stereocenters. The summed E-state index contributed by atoms with van der Waals surface area (Å²) in [5, 5.41) is 80.7. The lowest BCUT2D eigenvalue weighted by molar-refractivity contribution is -0.156. The van der Waals surface area contributed by atoms with Crippen LogP contribution in [0.15, 0.2) is 82.4 Å². The van der Waals surface area contributed by atoms with Gasteiger partial charge in [0.15, 0.2) is 17.4 Å². The highest BCUT2D eigenvalue weighted by molar-refractivity contribution is 8.03. The van der Waals surface area contributed by atoms with Crippen molar-refractivity contribution >= 4 is 168 Å². The van der Waals surface area contributed by atoms with Gasteiger partial charge in [-0.05, 0) is 92.5 Å². The number of nitrogen functional groups attached to an aromatic ring is 1. The second-order valence-corrected chi connectivity index (χ2v) is 32.4. The van der Waals surface area contributed by atoms with Gasteiger partial charge >= 0.3 is 70.4 Å². The number of aryl methyl sites for hydroxylation is 1. The Morgan fingerprint density at radius 1 is 0.500 bits per heavy atom. The molecule has 8 heterocycles. The largest absolute Gasteiger partial charge is 0.537 e.